The van der Waals surface area contributed by atoms with E-state index in [0.717, 1.165) is 0 Å². The van der Waals surface area contributed by atoms with Crippen molar-refractivity contribution in [2.24, 2.45) is 0 Å². The van der Waals surface area contributed by atoms with Crippen molar-refractivity contribution in [1.29, 1.82) is 0 Å². The number of fused-ring (bicyclic) bond motifs is 9. The molecule has 1 heteroatoms. The maximum Gasteiger partial charge on any atom is 0.0433 e. The minimum atomic E-state index is 1.28. The first-order valence-corrected chi connectivity index (χ1v) is 13.6. The van der Waals surface area contributed by atoms with Crippen molar-refractivity contribution in [1.82, 2.24) is 0 Å². The van der Waals surface area contributed by atoms with E-state index in [-0.39, 0.29) is 0 Å². The fraction of sp³-hybridized carbons (Fsp3) is 0. The summed E-state index contributed by atoms with van der Waals surface area (Å²) >= 11 is 1.90. The highest BCUT2D eigenvalue weighted by Gasteiger charge is 2.17. The van der Waals surface area contributed by atoms with Crippen LogP contribution in [0.5, 0.6) is 0 Å². The molecule has 0 aliphatic carbocycles. The summed E-state index contributed by atoms with van der Waals surface area (Å²) < 4.78 is 2.71. The average Bonchev–Trinajstić information content (AvgIpc) is 3.35. The Morgan fingerprint density at radius 1 is 0.351 bits per heavy atom. The van der Waals surface area contributed by atoms with Crippen molar-refractivity contribution < 1.29 is 0 Å². The Balaban J connectivity index is 1.45. The van der Waals surface area contributed by atoms with Crippen molar-refractivity contribution in [2.45, 2.75) is 0 Å². The Kier molecular flexibility index (Phi) is 3.76. The third-order valence-electron chi connectivity index (χ3n) is 8.20. The van der Waals surface area contributed by atoms with Crippen molar-refractivity contribution in [3.63, 3.8) is 0 Å². The van der Waals surface area contributed by atoms with Gasteiger partial charge >= 0.3 is 0 Å². The van der Waals surface area contributed by atoms with Gasteiger partial charge in [-0.3, -0.25) is 0 Å². The molecule has 0 unspecified atom stereocenters. The molecule has 0 bridgehead atoms. The van der Waals surface area contributed by atoms with E-state index in [1.165, 1.54) is 85.2 Å². The quantitative estimate of drug-likeness (QED) is 0.160. The summed E-state index contributed by atoms with van der Waals surface area (Å²) in [6, 6.07) is 45.1. The second kappa shape index (κ2) is 7.06. The highest BCUT2D eigenvalue weighted by Crippen LogP contribution is 2.46. The van der Waals surface area contributed by atoms with Crippen LogP contribution in [0.1, 0.15) is 0 Å². The lowest BCUT2D eigenvalue weighted by molar-refractivity contribution is 1.73. The predicted molar refractivity (Wildman–Crippen MR) is 163 cm³/mol. The van der Waals surface area contributed by atoms with Gasteiger partial charge in [-0.2, -0.15) is 0 Å². The zero-order chi connectivity index (χ0) is 24.1. The first-order chi connectivity index (χ1) is 18.4. The summed E-state index contributed by atoms with van der Waals surface area (Å²) in [6.07, 6.45) is 0. The topological polar surface area (TPSA) is 0 Å². The minimum Gasteiger partial charge on any atom is -0.135 e. The van der Waals surface area contributed by atoms with Gasteiger partial charge in [-0.15, -0.1) is 11.3 Å². The minimum absolute atomic E-state index is 1.28. The molecule has 0 radical (unpaired) electrons. The van der Waals surface area contributed by atoms with E-state index in [1.807, 2.05) is 11.3 Å². The Hall–Kier alpha value is -4.46. The summed E-state index contributed by atoms with van der Waals surface area (Å²) in [7, 11) is 0. The number of rotatable bonds is 1. The van der Waals surface area contributed by atoms with Gasteiger partial charge in [0.1, 0.15) is 0 Å². The van der Waals surface area contributed by atoms with Crippen molar-refractivity contribution >= 4 is 85.4 Å². The van der Waals surface area contributed by atoms with Crippen LogP contribution in [0.2, 0.25) is 0 Å². The zero-order valence-corrected chi connectivity index (χ0v) is 20.8. The Bertz CT molecular complexity index is 2350. The van der Waals surface area contributed by atoms with E-state index in [1.54, 1.807) is 0 Å². The van der Waals surface area contributed by atoms with E-state index in [2.05, 4.69) is 121 Å². The summed E-state index contributed by atoms with van der Waals surface area (Å²) in [5.41, 5.74) is 2.60. The SMILES string of the molecule is c1ccc2c(c1)sc1c(-c3ccc4c(c3)c3cccc5c6ccccc6c6cccc4c6c53)cccc12. The third-order valence-corrected chi connectivity index (χ3v) is 9.42. The number of thiophene rings is 1. The van der Waals surface area contributed by atoms with Gasteiger partial charge in [-0.1, -0.05) is 109 Å². The molecule has 1 aromatic heterocycles. The summed E-state index contributed by atoms with van der Waals surface area (Å²) in [4.78, 5) is 0. The van der Waals surface area contributed by atoms with Crippen LogP contribution >= 0.6 is 11.3 Å². The lowest BCUT2D eigenvalue weighted by atomic mass is 9.85. The van der Waals surface area contributed by atoms with Gasteiger partial charge in [0.2, 0.25) is 0 Å². The van der Waals surface area contributed by atoms with E-state index in [9.17, 15) is 0 Å². The van der Waals surface area contributed by atoms with Gasteiger partial charge < -0.3 is 0 Å². The lowest BCUT2D eigenvalue weighted by Gasteiger charge is -2.18. The van der Waals surface area contributed by atoms with E-state index < -0.39 is 0 Å². The molecule has 0 amide bonds. The molecule has 0 aliphatic rings. The molecule has 9 aromatic rings. The van der Waals surface area contributed by atoms with Gasteiger partial charge in [0.25, 0.3) is 0 Å². The normalized spacial score (nSPS) is 12.3. The highest BCUT2D eigenvalue weighted by atomic mass is 32.1. The summed E-state index contributed by atoms with van der Waals surface area (Å²) in [6.45, 7) is 0. The fourth-order valence-corrected chi connectivity index (χ4v) is 7.88. The Morgan fingerprint density at radius 2 is 0.865 bits per heavy atom. The van der Waals surface area contributed by atoms with Crippen LogP contribution in [-0.2, 0) is 0 Å². The molecule has 0 N–H and O–H groups in total. The van der Waals surface area contributed by atoms with Gasteiger partial charge in [-0.25, -0.2) is 0 Å². The molecule has 37 heavy (non-hydrogen) atoms. The number of hydrogen-bond acceptors (Lipinski definition) is 1. The van der Waals surface area contributed by atoms with Gasteiger partial charge in [0, 0.05) is 20.2 Å². The summed E-state index contributed by atoms with van der Waals surface area (Å²) in [5, 5.41) is 16.2. The Labute approximate surface area is 217 Å². The summed E-state index contributed by atoms with van der Waals surface area (Å²) in [5.74, 6) is 0. The van der Waals surface area contributed by atoms with Gasteiger partial charge in [0.15, 0.2) is 0 Å². The van der Waals surface area contributed by atoms with E-state index in [0.29, 0.717) is 0 Å². The zero-order valence-electron chi connectivity index (χ0n) is 20.0. The molecular formula is C36H20S. The second-order valence-electron chi connectivity index (χ2n) is 10.0. The largest absolute Gasteiger partial charge is 0.135 e. The lowest BCUT2D eigenvalue weighted by Crippen LogP contribution is -1.90. The maximum absolute atomic E-state index is 2.43. The number of benzene rings is 8. The molecule has 9 rings (SSSR count). The van der Waals surface area contributed by atoms with Crippen LogP contribution < -0.4 is 0 Å². The van der Waals surface area contributed by atoms with Crippen molar-refractivity contribution in [3.05, 3.63) is 121 Å². The molecule has 0 aliphatic heterocycles. The van der Waals surface area contributed by atoms with E-state index >= 15 is 0 Å². The molecule has 0 spiro atoms. The van der Waals surface area contributed by atoms with Crippen LogP contribution in [0.15, 0.2) is 121 Å². The Morgan fingerprint density at radius 3 is 1.57 bits per heavy atom. The van der Waals surface area contributed by atoms with Crippen LogP contribution in [0, 0.1) is 0 Å². The van der Waals surface area contributed by atoms with Crippen molar-refractivity contribution in [2.75, 3.05) is 0 Å². The molecule has 0 atom stereocenters. The first-order valence-electron chi connectivity index (χ1n) is 12.8. The average molecular weight is 485 g/mol. The molecule has 0 nitrogen and oxygen atoms in total. The fourth-order valence-electron chi connectivity index (χ4n) is 6.64. The van der Waals surface area contributed by atoms with Crippen LogP contribution in [0.4, 0.5) is 0 Å². The van der Waals surface area contributed by atoms with Gasteiger partial charge in [-0.05, 0) is 77.1 Å². The monoisotopic (exact) mass is 484 g/mol. The molecule has 0 saturated heterocycles. The van der Waals surface area contributed by atoms with Crippen LogP contribution in [0.25, 0.3) is 85.2 Å². The smallest absolute Gasteiger partial charge is 0.0433 e. The second-order valence-corrected chi connectivity index (χ2v) is 11.1. The molecule has 8 aromatic carbocycles. The van der Waals surface area contributed by atoms with E-state index in [4.69, 9.17) is 0 Å². The maximum atomic E-state index is 2.43. The molecule has 1 heterocycles. The van der Waals surface area contributed by atoms with Gasteiger partial charge in [0.05, 0.1) is 0 Å². The molecular weight excluding hydrogens is 464 g/mol. The molecule has 0 saturated carbocycles. The highest BCUT2D eigenvalue weighted by molar-refractivity contribution is 7.26. The van der Waals surface area contributed by atoms with Crippen molar-refractivity contribution in [3.8, 4) is 11.1 Å². The first kappa shape index (κ1) is 19.7. The molecule has 170 valence electrons. The standard InChI is InChI=1S/C36H20S/c1-2-9-24-23(8-1)27-12-6-14-29-25-19-18-21(20-32(25)30-15-7-13-28(24)35(30)34(27)29)22-11-5-16-31-26-10-3-4-17-33(26)37-36(22)31/h1-20H. The molecule has 0 fully saturated rings. The van der Waals surface area contributed by atoms with Crippen LogP contribution in [0.3, 0.4) is 0 Å². The predicted octanol–water partition coefficient (Wildman–Crippen LogP) is 10.9. The number of hydrogen-bond donors (Lipinski definition) is 0. The van der Waals surface area contributed by atoms with Crippen LogP contribution in [-0.4, -0.2) is 0 Å². The third kappa shape index (κ3) is 2.52.